The number of aryl methyl sites for hydroxylation is 1. The van der Waals surface area contributed by atoms with Crippen LogP contribution in [0.4, 0.5) is 0 Å². The fraction of sp³-hybridized carbons (Fsp3) is 0.429. The molecule has 1 amide bonds. The highest BCUT2D eigenvalue weighted by Crippen LogP contribution is 2.04. The number of rotatable bonds is 2. The predicted octanol–water partition coefficient (Wildman–Crippen LogP) is 0.0197. The normalized spacial score (nSPS) is 9.92. The van der Waals surface area contributed by atoms with E-state index in [2.05, 4.69) is 15.4 Å². The number of hydrogen-bond donors (Lipinski definition) is 1. The molecule has 0 aliphatic carbocycles. The molecular formula is C7H11N3O2. The van der Waals surface area contributed by atoms with Crippen molar-refractivity contribution in [3.8, 4) is 0 Å². The van der Waals surface area contributed by atoms with E-state index in [1.54, 1.807) is 11.7 Å². The molecule has 1 N–H and O–H groups in total. The Morgan fingerprint density at radius 2 is 2.42 bits per heavy atom. The van der Waals surface area contributed by atoms with Gasteiger partial charge in [0.1, 0.15) is 0 Å². The molecule has 5 nitrogen and oxygen atoms in total. The van der Waals surface area contributed by atoms with E-state index in [-0.39, 0.29) is 5.91 Å². The first-order valence-corrected chi connectivity index (χ1v) is 3.48. The van der Waals surface area contributed by atoms with Crippen molar-refractivity contribution in [2.75, 3.05) is 7.11 Å². The van der Waals surface area contributed by atoms with Crippen LogP contribution < -0.4 is 5.48 Å². The van der Waals surface area contributed by atoms with E-state index in [1.165, 1.54) is 13.3 Å². The molecule has 0 unspecified atom stereocenters. The minimum atomic E-state index is -0.275. The first-order chi connectivity index (χ1) is 5.66. The molecule has 0 fully saturated rings. The number of carbonyl (C=O) groups is 1. The lowest BCUT2D eigenvalue weighted by Crippen LogP contribution is -2.22. The van der Waals surface area contributed by atoms with Gasteiger partial charge in [0.15, 0.2) is 0 Å². The first kappa shape index (κ1) is 8.73. The van der Waals surface area contributed by atoms with Gasteiger partial charge in [-0.15, -0.1) is 0 Å². The molecule has 1 heterocycles. The molecule has 66 valence electrons. The zero-order chi connectivity index (χ0) is 9.14. The highest BCUT2D eigenvalue weighted by atomic mass is 16.6. The summed E-state index contributed by atoms with van der Waals surface area (Å²) in [4.78, 5) is 15.7. The molecule has 0 saturated heterocycles. The Labute approximate surface area is 70.3 Å². The van der Waals surface area contributed by atoms with Crippen LogP contribution in [0.5, 0.6) is 0 Å². The van der Waals surface area contributed by atoms with Gasteiger partial charge in [-0.2, -0.15) is 5.10 Å². The summed E-state index contributed by atoms with van der Waals surface area (Å²) in [6.45, 7) is 1.82. The summed E-state index contributed by atoms with van der Waals surface area (Å²) >= 11 is 0. The monoisotopic (exact) mass is 169 g/mol. The molecule has 0 aromatic carbocycles. The summed E-state index contributed by atoms with van der Waals surface area (Å²) in [5, 5.41) is 3.92. The maximum absolute atomic E-state index is 11.2. The van der Waals surface area contributed by atoms with Gasteiger partial charge in [0.2, 0.25) is 0 Å². The van der Waals surface area contributed by atoms with E-state index in [4.69, 9.17) is 0 Å². The van der Waals surface area contributed by atoms with E-state index in [0.717, 1.165) is 5.69 Å². The molecule has 5 heteroatoms. The molecule has 0 atom stereocenters. The fourth-order valence-corrected chi connectivity index (χ4v) is 0.869. The summed E-state index contributed by atoms with van der Waals surface area (Å²) in [5.41, 5.74) is 3.56. The standard InChI is InChI=1S/C7H11N3O2/c1-5-6(4-8-10(5)2)7(11)9-12-3/h4H,1-3H3,(H,9,11). The van der Waals surface area contributed by atoms with Crippen molar-refractivity contribution in [3.63, 3.8) is 0 Å². The fourth-order valence-electron chi connectivity index (χ4n) is 0.869. The van der Waals surface area contributed by atoms with Crippen LogP contribution in [0.25, 0.3) is 0 Å². The van der Waals surface area contributed by atoms with Crippen molar-refractivity contribution in [2.24, 2.45) is 7.05 Å². The third kappa shape index (κ3) is 1.45. The average Bonchev–Trinajstić information content (AvgIpc) is 2.34. The van der Waals surface area contributed by atoms with E-state index in [0.29, 0.717) is 5.56 Å². The zero-order valence-corrected chi connectivity index (χ0v) is 7.29. The summed E-state index contributed by atoms with van der Waals surface area (Å²) in [6.07, 6.45) is 1.50. The van der Waals surface area contributed by atoms with Crippen molar-refractivity contribution >= 4 is 5.91 Å². The van der Waals surface area contributed by atoms with Crippen molar-refractivity contribution in [2.45, 2.75) is 6.92 Å². The molecule has 12 heavy (non-hydrogen) atoms. The second-order valence-corrected chi connectivity index (χ2v) is 2.40. The molecular weight excluding hydrogens is 158 g/mol. The van der Waals surface area contributed by atoms with Crippen LogP contribution in [0, 0.1) is 6.92 Å². The lowest BCUT2D eigenvalue weighted by atomic mass is 10.2. The van der Waals surface area contributed by atoms with E-state index >= 15 is 0 Å². The van der Waals surface area contributed by atoms with Gasteiger partial charge in [0, 0.05) is 12.7 Å². The Morgan fingerprint density at radius 3 is 2.83 bits per heavy atom. The number of aromatic nitrogens is 2. The molecule has 0 bridgehead atoms. The topological polar surface area (TPSA) is 56.1 Å². The van der Waals surface area contributed by atoms with E-state index in [9.17, 15) is 4.79 Å². The van der Waals surface area contributed by atoms with Gasteiger partial charge in [-0.25, -0.2) is 5.48 Å². The minimum Gasteiger partial charge on any atom is -0.277 e. The van der Waals surface area contributed by atoms with Gasteiger partial charge in [0.25, 0.3) is 5.91 Å². The second-order valence-electron chi connectivity index (χ2n) is 2.40. The molecule has 0 aliphatic rings. The SMILES string of the molecule is CONC(=O)c1cnn(C)c1C. The molecule has 1 aromatic heterocycles. The molecule has 0 spiro atoms. The van der Waals surface area contributed by atoms with Gasteiger partial charge in [-0.05, 0) is 6.92 Å². The van der Waals surface area contributed by atoms with E-state index < -0.39 is 0 Å². The van der Waals surface area contributed by atoms with Gasteiger partial charge in [-0.3, -0.25) is 14.3 Å². The molecule has 0 saturated carbocycles. The third-order valence-corrected chi connectivity index (χ3v) is 1.67. The van der Waals surface area contributed by atoms with Crippen molar-refractivity contribution in [1.29, 1.82) is 0 Å². The van der Waals surface area contributed by atoms with Crippen molar-refractivity contribution in [3.05, 3.63) is 17.5 Å². The number of nitrogens with zero attached hydrogens (tertiary/aromatic N) is 2. The molecule has 0 radical (unpaired) electrons. The predicted molar refractivity (Wildman–Crippen MR) is 42.4 cm³/mol. The highest BCUT2D eigenvalue weighted by molar-refractivity contribution is 5.94. The summed E-state index contributed by atoms with van der Waals surface area (Å²) in [5.74, 6) is -0.275. The Balaban J connectivity index is 2.88. The lowest BCUT2D eigenvalue weighted by molar-refractivity contribution is 0.0537. The van der Waals surface area contributed by atoms with Crippen LogP contribution in [-0.2, 0) is 11.9 Å². The van der Waals surface area contributed by atoms with Crippen LogP contribution in [0.1, 0.15) is 16.1 Å². The number of carbonyl (C=O) groups excluding carboxylic acids is 1. The summed E-state index contributed by atoms with van der Waals surface area (Å²) in [6, 6.07) is 0. The smallest absolute Gasteiger partial charge is 0.277 e. The number of hydrogen-bond acceptors (Lipinski definition) is 3. The summed E-state index contributed by atoms with van der Waals surface area (Å²) in [7, 11) is 3.17. The first-order valence-electron chi connectivity index (χ1n) is 3.48. The Hall–Kier alpha value is -1.36. The van der Waals surface area contributed by atoms with Crippen LogP contribution in [0.2, 0.25) is 0 Å². The molecule has 0 aliphatic heterocycles. The Morgan fingerprint density at radius 1 is 1.75 bits per heavy atom. The Bertz CT molecular complexity index is 293. The zero-order valence-electron chi connectivity index (χ0n) is 7.29. The van der Waals surface area contributed by atoms with Gasteiger partial charge < -0.3 is 0 Å². The minimum absolute atomic E-state index is 0.275. The maximum atomic E-state index is 11.2. The number of hydroxylamine groups is 1. The molecule has 1 aromatic rings. The molecule has 1 rings (SSSR count). The van der Waals surface area contributed by atoms with Gasteiger partial charge >= 0.3 is 0 Å². The van der Waals surface area contributed by atoms with Crippen molar-refractivity contribution < 1.29 is 9.63 Å². The van der Waals surface area contributed by atoms with E-state index in [1.807, 2.05) is 6.92 Å². The third-order valence-electron chi connectivity index (χ3n) is 1.67. The number of nitrogens with one attached hydrogen (secondary N) is 1. The van der Waals surface area contributed by atoms with Crippen LogP contribution in [0.3, 0.4) is 0 Å². The maximum Gasteiger partial charge on any atom is 0.278 e. The lowest BCUT2D eigenvalue weighted by Gasteiger charge is -2.00. The Kier molecular flexibility index (Phi) is 2.44. The van der Waals surface area contributed by atoms with Crippen LogP contribution in [0.15, 0.2) is 6.20 Å². The second kappa shape index (κ2) is 3.36. The van der Waals surface area contributed by atoms with Gasteiger partial charge in [0.05, 0.1) is 18.9 Å². The van der Waals surface area contributed by atoms with Crippen LogP contribution in [-0.4, -0.2) is 22.8 Å². The largest absolute Gasteiger partial charge is 0.278 e. The van der Waals surface area contributed by atoms with Crippen molar-refractivity contribution in [1.82, 2.24) is 15.3 Å². The summed E-state index contributed by atoms with van der Waals surface area (Å²) < 4.78 is 1.63. The van der Waals surface area contributed by atoms with Crippen LogP contribution >= 0.6 is 0 Å². The highest BCUT2D eigenvalue weighted by Gasteiger charge is 2.11. The average molecular weight is 169 g/mol. The van der Waals surface area contributed by atoms with Gasteiger partial charge in [-0.1, -0.05) is 0 Å². The quantitative estimate of drug-likeness (QED) is 0.635. The number of amides is 1.